The van der Waals surface area contributed by atoms with E-state index in [2.05, 4.69) is 0 Å². The second-order valence-electron chi connectivity index (χ2n) is 4.65. The number of benzene rings is 1. The zero-order valence-electron chi connectivity index (χ0n) is 10.5. The summed E-state index contributed by atoms with van der Waals surface area (Å²) < 4.78 is 89.4. The van der Waals surface area contributed by atoms with E-state index in [1.165, 1.54) is 13.8 Å². The summed E-state index contributed by atoms with van der Waals surface area (Å²) in [5.74, 6) is -0.444. The van der Waals surface area contributed by atoms with E-state index in [4.69, 9.17) is 5.73 Å². The molecule has 0 aliphatic rings. The Hall–Kier alpha value is -1.47. The minimum Gasteiger partial charge on any atom is -0.398 e. The molecule has 8 heteroatoms. The van der Waals surface area contributed by atoms with Crippen LogP contribution in [-0.2, 0) is 5.67 Å². The molecule has 0 spiro atoms. The van der Waals surface area contributed by atoms with Gasteiger partial charge in [-0.05, 0) is 23.6 Å². The highest BCUT2D eigenvalue weighted by Crippen LogP contribution is 2.53. The summed E-state index contributed by atoms with van der Waals surface area (Å²) in [5.41, 5.74) is -1.44. The maximum absolute atomic E-state index is 13.8. The smallest absolute Gasteiger partial charge is 0.398 e. The van der Waals surface area contributed by atoms with Crippen molar-refractivity contribution in [2.45, 2.75) is 37.8 Å². The SMILES string of the molecule is CC(C)c1cc(C(F)(C(F)(F)F)C(F)(F)F)ccc1N. The van der Waals surface area contributed by atoms with Crippen LogP contribution in [-0.4, -0.2) is 12.4 Å². The van der Waals surface area contributed by atoms with Gasteiger partial charge in [-0.15, -0.1) is 0 Å². The normalized spacial score (nSPS) is 13.9. The predicted molar refractivity (Wildman–Crippen MR) is 59.8 cm³/mol. The lowest BCUT2D eigenvalue weighted by atomic mass is 9.89. The lowest BCUT2D eigenvalue weighted by molar-refractivity contribution is -0.348. The zero-order chi connectivity index (χ0) is 15.9. The zero-order valence-corrected chi connectivity index (χ0v) is 10.5. The molecule has 0 aliphatic heterocycles. The largest absolute Gasteiger partial charge is 0.435 e. The van der Waals surface area contributed by atoms with Crippen molar-refractivity contribution < 1.29 is 30.7 Å². The minimum absolute atomic E-state index is 0.00967. The Morgan fingerprint density at radius 1 is 0.900 bits per heavy atom. The fraction of sp³-hybridized carbons (Fsp3) is 0.500. The molecule has 0 radical (unpaired) electrons. The van der Waals surface area contributed by atoms with Crippen LogP contribution in [0, 0.1) is 0 Å². The third-order valence-electron chi connectivity index (χ3n) is 2.89. The molecule has 0 heterocycles. The van der Waals surface area contributed by atoms with Gasteiger partial charge in [-0.25, -0.2) is 4.39 Å². The number of hydrogen-bond donors (Lipinski definition) is 1. The first kappa shape index (κ1) is 16.6. The Bertz CT molecular complexity index is 474. The first-order valence-corrected chi connectivity index (χ1v) is 5.54. The van der Waals surface area contributed by atoms with Gasteiger partial charge < -0.3 is 5.73 Å². The lowest BCUT2D eigenvalue weighted by Crippen LogP contribution is -2.50. The van der Waals surface area contributed by atoms with Crippen molar-refractivity contribution in [3.8, 4) is 0 Å². The monoisotopic (exact) mass is 303 g/mol. The van der Waals surface area contributed by atoms with Crippen LogP contribution in [0.25, 0.3) is 0 Å². The number of nitrogens with two attached hydrogens (primary N) is 1. The van der Waals surface area contributed by atoms with Crippen molar-refractivity contribution in [2.75, 3.05) is 5.73 Å². The van der Waals surface area contributed by atoms with E-state index < -0.39 is 29.5 Å². The second-order valence-corrected chi connectivity index (χ2v) is 4.65. The van der Waals surface area contributed by atoms with Gasteiger partial charge in [0.25, 0.3) is 0 Å². The molecule has 0 amide bonds. The molecule has 1 aromatic carbocycles. The highest BCUT2D eigenvalue weighted by atomic mass is 19.4. The average molecular weight is 303 g/mol. The summed E-state index contributed by atoms with van der Waals surface area (Å²) in [4.78, 5) is 0. The van der Waals surface area contributed by atoms with E-state index in [1.54, 1.807) is 0 Å². The summed E-state index contributed by atoms with van der Waals surface area (Å²) in [6, 6.07) is 1.76. The fourth-order valence-corrected chi connectivity index (χ4v) is 1.78. The van der Waals surface area contributed by atoms with Crippen LogP contribution < -0.4 is 5.73 Å². The van der Waals surface area contributed by atoms with Crippen molar-refractivity contribution in [2.24, 2.45) is 0 Å². The number of anilines is 1. The summed E-state index contributed by atoms with van der Waals surface area (Å²) >= 11 is 0. The van der Waals surface area contributed by atoms with E-state index in [0.29, 0.717) is 12.1 Å². The van der Waals surface area contributed by atoms with Crippen LogP contribution >= 0.6 is 0 Å². The molecular formula is C12H12F7N. The van der Waals surface area contributed by atoms with Gasteiger partial charge in [0.1, 0.15) is 0 Å². The maximum Gasteiger partial charge on any atom is 0.435 e. The first-order chi connectivity index (χ1) is 8.82. The Morgan fingerprint density at radius 2 is 1.35 bits per heavy atom. The Labute approximate surface area is 110 Å². The Morgan fingerprint density at radius 3 is 1.70 bits per heavy atom. The van der Waals surface area contributed by atoms with Gasteiger partial charge in [-0.2, -0.15) is 26.3 Å². The number of hydrogen-bond acceptors (Lipinski definition) is 1. The Balaban J connectivity index is 3.57. The van der Waals surface area contributed by atoms with E-state index in [1.807, 2.05) is 0 Å². The standard InChI is InChI=1S/C12H12F7N/c1-6(2)8-5-7(3-4-9(8)20)10(13,11(14,15)16)12(17,18)19/h3-6H,20H2,1-2H3. The van der Waals surface area contributed by atoms with Gasteiger partial charge in [0.05, 0.1) is 0 Å². The average Bonchev–Trinajstić information content (AvgIpc) is 2.25. The molecule has 0 aromatic heterocycles. The summed E-state index contributed by atoms with van der Waals surface area (Å²) in [5, 5.41) is 0. The summed E-state index contributed by atoms with van der Waals surface area (Å²) in [7, 11) is 0. The van der Waals surface area contributed by atoms with Gasteiger partial charge in [-0.1, -0.05) is 19.9 Å². The van der Waals surface area contributed by atoms with Gasteiger partial charge >= 0.3 is 18.0 Å². The molecule has 20 heavy (non-hydrogen) atoms. The van der Waals surface area contributed by atoms with Crippen LogP contribution in [0.1, 0.15) is 30.9 Å². The molecule has 0 fully saturated rings. The van der Waals surface area contributed by atoms with Crippen LogP contribution in [0.4, 0.5) is 36.4 Å². The van der Waals surface area contributed by atoms with Crippen LogP contribution in [0.2, 0.25) is 0 Å². The Kier molecular flexibility index (Phi) is 4.00. The fourth-order valence-electron chi connectivity index (χ4n) is 1.78. The van der Waals surface area contributed by atoms with Crippen molar-refractivity contribution >= 4 is 5.69 Å². The van der Waals surface area contributed by atoms with E-state index in [-0.39, 0.29) is 11.3 Å². The van der Waals surface area contributed by atoms with Crippen LogP contribution in [0.3, 0.4) is 0 Å². The first-order valence-electron chi connectivity index (χ1n) is 5.54. The molecule has 0 atom stereocenters. The third-order valence-corrected chi connectivity index (χ3v) is 2.89. The van der Waals surface area contributed by atoms with Gasteiger partial charge in [0.15, 0.2) is 0 Å². The molecule has 0 saturated heterocycles. The molecule has 1 rings (SSSR count). The van der Waals surface area contributed by atoms with Crippen molar-refractivity contribution in [1.82, 2.24) is 0 Å². The molecule has 0 unspecified atom stereocenters. The summed E-state index contributed by atoms with van der Waals surface area (Å²) in [6.07, 6.45) is -12.2. The van der Waals surface area contributed by atoms with Crippen molar-refractivity contribution in [1.29, 1.82) is 0 Å². The van der Waals surface area contributed by atoms with E-state index >= 15 is 0 Å². The van der Waals surface area contributed by atoms with E-state index in [0.717, 1.165) is 6.07 Å². The van der Waals surface area contributed by atoms with Gasteiger partial charge in [-0.3, -0.25) is 0 Å². The predicted octanol–water partition coefficient (Wildman–Crippen LogP) is 4.68. The molecule has 2 N–H and O–H groups in total. The van der Waals surface area contributed by atoms with Crippen LogP contribution in [0.5, 0.6) is 0 Å². The molecule has 114 valence electrons. The minimum atomic E-state index is -6.12. The molecule has 0 aliphatic carbocycles. The molecule has 0 bridgehead atoms. The maximum atomic E-state index is 13.8. The van der Waals surface area contributed by atoms with E-state index in [9.17, 15) is 30.7 Å². The third kappa shape index (κ3) is 2.55. The van der Waals surface area contributed by atoms with Gasteiger partial charge in [0.2, 0.25) is 0 Å². The molecular weight excluding hydrogens is 291 g/mol. The highest BCUT2D eigenvalue weighted by molar-refractivity contribution is 5.51. The van der Waals surface area contributed by atoms with Crippen LogP contribution in [0.15, 0.2) is 18.2 Å². The van der Waals surface area contributed by atoms with Crippen molar-refractivity contribution in [3.05, 3.63) is 29.3 Å². The number of alkyl halides is 7. The summed E-state index contributed by atoms with van der Waals surface area (Å²) in [6.45, 7) is 3.05. The molecule has 1 aromatic rings. The van der Waals surface area contributed by atoms with Gasteiger partial charge in [0, 0.05) is 11.3 Å². The topological polar surface area (TPSA) is 26.0 Å². The number of rotatable bonds is 2. The number of nitrogen functional groups attached to an aromatic ring is 1. The molecule has 1 nitrogen and oxygen atoms in total. The lowest BCUT2D eigenvalue weighted by Gasteiger charge is -2.31. The quantitative estimate of drug-likeness (QED) is 0.623. The molecule has 0 saturated carbocycles. The number of halogens is 7. The van der Waals surface area contributed by atoms with Crippen molar-refractivity contribution in [3.63, 3.8) is 0 Å². The second kappa shape index (κ2) is 4.82. The highest BCUT2D eigenvalue weighted by Gasteiger charge is 2.73.